The molecular weight excluding hydrogens is 442 g/mol. The summed E-state index contributed by atoms with van der Waals surface area (Å²) in [6, 6.07) is 2.88. The summed E-state index contributed by atoms with van der Waals surface area (Å²) < 4.78 is 40.3. The number of hydrogen-bond donors (Lipinski definition) is 2. The number of nitrogens with one attached hydrogen (secondary N) is 2. The second-order valence-corrected chi connectivity index (χ2v) is 8.75. The van der Waals surface area contributed by atoms with Crippen molar-refractivity contribution >= 4 is 21.6 Å². The van der Waals surface area contributed by atoms with Crippen molar-refractivity contribution in [3.8, 4) is 11.6 Å². The summed E-state index contributed by atoms with van der Waals surface area (Å²) in [4.78, 5) is 22.5. The maximum Gasteiger partial charge on any atom is 0.272 e. The zero-order chi connectivity index (χ0) is 24.1. The topological polar surface area (TPSA) is 155 Å². The monoisotopic (exact) mass is 469 g/mol. The van der Waals surface area contributed by atoms with Crippen molar-refractivity contribution in [1.29, 1.82) is 0 Å². The maximum absolute atomic E-state index is 12.9. The van der Waals surface area contributed by atoms with E-state index in [-0.39, 0.29) is 23.9 Å². The molecule has 32 heavy (non-hydrogen) atoms. The van der Waals surface area contributed by atoms with Crippen molar-refractivity contribution < 1.29 is 27.6 Å². The second-order valence-electron chi connectivity index (χ2n) is 7.07. The van der Waals surface area contributed by atoms with Crippen LogP contribution in [0.15, 0.2) is 23.1 Å². The quantitative estimate of drug-likeness (QED) is 0.287. The molecule has 0 aliphatic heterocycles. The summed E-state index contributed by atoms with van der Waals surface area (Å²) in [6.45, 7) is 5.69. The van der Waals surface area contributed by atoms with Gasteiger partial charge in [-0.3, -0.25) is 14.9 Å². The first-order chi connectivity index (χ1) is 15.0. The van der Waals surface area contributed by atoms with E-state index in [1.165, 1.54) is 24.9 Å². The molecule has 0 spiro atoms. The summed E-state index contributed by atoms with van der Waals surface area (Å²) in [7, 11) is -1.09. The number of nitro groups is 1. The van der Waals surface area contributed by atoms with Crippen LogP contribution in [0.1, 0.15) is 36.3 Å². The third-order valence-corrected chi connectivity index (χ3v) is 6.24. The molecule has 2 rings (SSSR count). The van der Waals surface area contributed by atoms with E-state index in [2.05, 4.69) is 15.1 Å². The zero-order valence-electron chi connectivity index (χ0n) is 18.5. The van der Waals surface area contributed by atoms with Gasteiger partial charge >= 0.3 is 0 Å². The lowest BCUT2D eigenvalue weighted by Gasteiger charge is -2.15. The van der Waals surface area contributed by atoms with Gasteiger partial charge in [0.25, 0.3) is 11.6 Å². The zero-order valence-corrected chi connectivity index (χ0v) is 19.4. The van der Waals surface area contributed by atoms with Crippen molar-refractivity contribution in [3.63, 3.8) is 0 Å². The van der Waals surface area contributed by atoms with Gasteiger partial charge < -0.3 is 14.8 Å². The lowest BCUT2D eigenvalue weighted by atomic mass is 10.2. The Morgan fingerprint density at radius 2 is 2.06 bits per heavy atom. The van der Waals surface area contributed by atoms with Crippen LogP contribution in [0.25, 0.3) is 0 Å². The maximum atomic E-state index is 12.9. The van der Waals surface area contributed by atoms with Gasteiger partial charge in [0.15, 0.2) is 5.69 Å². The van der Waals surface area contributed by atoms with Gasteiger partial charge in [-0.25, -0.2) is 17.8 Å². The molecule has 2 aromatic rings. The van der Waals surface area contributed by atoms with E-state index in [0.29, 0.717) is 18.6 Å². The molecule has 1 amide bonds. The smallest absolute Gasteiger partial charge is 0.272 e. The number of aryl methyl sites for hydroxylation is 1. The summed E-state index contributed by atoms with van der Waals surface area (Å²) in [5.74, 6) is -0.459. The van der Waals surface area contributed by atoms with E-state index in [0.717, 1.165) is 12.1 Å². The van der Waals surface area contributed by atoms with E-state index in [4.69, 9.17) is 9.47 Å². The highest BCUT2D eigenvalue weighted by Crippen LogP contribution is 2.34. The molecule has 12 nitrogen and oxygen atoms in total. The van der Waals surface area contributed by atoms with Gasteiger partial charge in [-0.1, -0.05) is 6.92 Å². The lowest BCUT2D eigenvalue weighted by molar-refractivity contribution is -0.385. The molecule has 1 heterocycles. The number of carbonyl (C=O) groups is 1. The second kappa shape index (κ2) is 10.5. The number of amides is 1. The van der Waals surface area contributed by atoms with E-state index >= 15 is 0 Å². The van der Waals surface area contributed by atoms with E-state index in [1.807, 2.05) is 0 Å². The molecule has 0 aliphatic rings. The SMILES string of the molecule is CC[C@H](C)NS(=O)(=O)c1cc([N+](=O)[O-])ccc1Oc1c(C)c(C(=O)NCCOC)nn1C. The molecule has 2 N–H and O–H groups in total. The van der Waals surface area contributed by atoms with Crippen LogP contribution >= 0.6 is 0 Å². The first kappa shape index (κ1) is 25.2. The molecule has 0 saturated carbocycles. The molecule has 176 valence electrons. The molecule has 0 bridgehead atoms. The molecular formula is C19H27N5O7S. The van der Waals surface area contributed by atoms with Gasteiger partial charge in [-0.15, -0.1) is 0 Å². The predicted molar refractivity (Wildman–Crippen MR) is 115 cm³/mol. The molecule has 0 saturated heterocycles. The summed E-state index contributed by atoms with van der Waals surface area (Å²) in [5.41, 5.74) is 0.0727. The molecule has 1 aromatic heterocycles. The Morgan fingerprint density at radius 1 is 1.38 bits per heavy atom. The Labute approximate surface area is 186 Å². The molecule has 0 fully saturated rings. The van der Waals surface area contributed by atoms with E-state index in [1.54, 1.807) is 20.8 Å². The van der Waals surface area contributed by atoms with Gasteiger partial charge in [0, 0.05) is 44.4 Å². The minimum Gasteiger partial charge on any atom is -0.438 e. The van der Waals surface area contributed by atoms with Crippen molar-refractivity contribution in [2.75, 3.05) is 20.3 Å². The lowest BCUT2D eigenvalue weighted by Crippen LogP contribution is -2.32. The fourth-order valence-corrected chi connectivity index (χ4v) is 4.22. The van der Waals surface area contributed by atoms with Gasteiger partial charge in [-0.05, 0) is 26.3 Å². The highest BCUT2D eigenvalue weighted by Gasteiger charge is 2.27. The Kier molecular flexibility index (Phi) is 8.30. The first-order valence-electron chi connectivity index (χ1n) is 9.81. The van der Waals surface area contributed by atoms with Crippen LogP contribution < -0.4 is 14.8 Å². The summed E-state index contributed by atoms with van der Waals surface area (Å²) in [5, 5.41) is 18.0. The number of benzene rings is 1. The van der Waals surface area contributed by atoms with Crippen LogP contribution in [0.4, 0.5) is 5.69 Å². The number of carbonyl (C=O) groups excluding carboxylic acids is 1. The molecule has 1 aromatic carbocycles. The van der Waals surface area contributed by atoms with Crippen LogP contribution in [0.2, 0.25) is 0 Å². The number of aromatic nitrogens is 2. The highest BCUT2D eigenvalue weighted by molar-refractivity contribution is 7.89. The third kappa shape index (κ3) is 5.81. The number of ether oxygens (including phenoxy) is 2. The summed E-state index contributed by atoms with van der Waals surface area (Å²) in [6.07, 6.45) is 0.521. The number of hydrogen-bond acceptors (Lipinski definition) is 8. The molecule has 0 radical (unpaired) electrons. The Hall–Kier alpha value is -3.03. The highest BCUT2D eigenvalue weighted by atomic mass is 32.2. The fourth-order valence-electron chi connectivity index (χ4n) is 2.74. The predicted octanol–water partition coefficient (Wildman–Crippen LogP) is 1.88. The molecule has 13 heteroatoms. The van der Waals surface area contributed by atoms with Gasteiger partial charge in [0.05, 0.1) is 11.5 Å². The molecule has 0 aliphatic carbocycles. The Bertz CT molecular complexity index is 1100. The standard InChI is InChI=1S/C19H27N5O7S/c1-6-12(2)22-32(28,29)16-11-14(24(26)27)7-8-15(16)31-19-13(3)17(21-23(19)4)18(25)20-9-10-30-5/h7-8,11-12,22H,6,9-10H2,1-5H3,(H,20,25)/t12-/m0/s1. The largest absolute Gasteiger partial charge is 0.438 e. The Morgan fingerprint density at radius 3 is 2.66 bits per heavy atom. The molecule has 1 atom stereocenters. The van der Waals surface area contributed by atoms with Crippen LogP contribution in [0, 0.1) is 17.0 Å². The number of methoxy groups -OCH3 is 1. The minimum absolute atomic E-state index is 0.0997. The van der Waals surface area contributed by atoms with Crippen molar-refractivity contribution in [2.45, 2.75) is 38.1 Å². The normalized spacial score (nSPS) is 12.4. The number of non-ortho nitro benzene ring substituents is 1. The number of rotatable bonds is 11. The summed E-state index contributed by atoms with van der Waals surface area (Å²) >= 11 is 0. The third-order valence-electron chi connectivity index (χ3n) is 4.63. The van der Waals surface area contributed by atoms with Crippen LogP contribution in [0.3, 0.4) is 0 Å². The average Bonchev–Trinajstić information content (AvgIpc) is 3.01. The molecule has 0 unspecified atom stereocenters. The number of nitro benzene ring substituents is 1. The van der Waals surface area contributed by atoms with Gasteiger partial charge in [0.1, 0.15) is 10.6 Å². The minimum atomic E-state index is -4.13. The van der Waals surface area contributed by atoms with E-state index in [9.17, 15) is 23.3 Å². The van der Waals surface area contributed by atoms with Gasteiger partial charge in [-0.2, -0.15) is 5.10 Å². The average molecular weight is 470 g/mol. The van der Waals surface area contributed by atoms with Crippen LogP contribution in [-0.2, 0) is 21.8 Å². The van der Waals surface area contributed by atoms with Crippen LogP contribution in [-0.4, -0.2) is 55.3 Å². The number of nitrogens with zero attached hydrogens (tertiary/aromatic N) is 3. The van der Waals surface area contributed by atoms with Gasteiger partial charge in [0.2, 0.25) is 15.9 Å². The fraction of sp³-hybridized carbons (Fsp3) is 0.474. The van der Waals surface area contributed by atoms with Crippen LogP contribution in [0.5, 0.6) is 11.6 Å². The number of sulfonamides is 1. The Balaban J connectivity index is 2.47. The van der Waals surface area contributed by atoms with Crippen molar-refractivity contribution in [1.82, 2.24) is 19.8 Å². The first-order valence-corrected chi connectivity index (χ1v) is 11.3. The van der Waals surface area contributed by atoms with Crippen molar-refractivity contribution in [2.24, 2.45) is 7.05 Å². The van der Waals surface area contributed by atoms with E-state index < -0.39 is 37.5 Å². The van der Waals surface area contributed by atoms with Crippen molar-refractivity contribution in [3.05, 3.63) is 39.6 Å².